The van der Waals surface area contributed by atoms with Gasteiger partial charge < -0.3 is 5.32 Å². The Morgan fingerprint density at radius 3 is 2.41 bits per heavy atom. The number of imide groups is 1. The van der Waals surface area contributed by atoms with E-state index in [1.807, 2.05) is 24.3 Å². The molecule has 0 radical (unpaired) electrons. The van der Waals surface area contributed by atoms with Crippen LogP contribution >= 0.6 is 11.3 Å². The molecule has 2 heterocycles. The van der Waals surface area contributed by atoms with E-state index in [4.69, 9.17) is 5.26 Å². The fourth-order valence-electron chi connectivity index (χ4n) is 3.51. The summed E-state index contributed by atoms with van der Waals surface area (Å²) in [7, 11) is 1.46. The molecule has 2 fully saturated rings. The van der Waals surface area contributed by atoms with Crippen LogP contribution in [0.15, 0.2) is 36.4 Å². The monoisotopic (exact) mass is 376 g/mol. The highest BCUT2D eigenvalue weighted by Crippen LogP contribution is 2.48. The number of nitrogens with one attached hydrogen (secondary N) is 1. The molecule has 1 N–H and O–H groups in total. The predicted molar refractivity (Wildman–Crippen MR) is 98.8 cm³/mol. The molecule has 1 aromatic carbocycles. The van der Waals surface area contributed by atoms with Crippen LogP contribution in [0.2, 0.25) is 0 Å². The first-order valence-electron chi connectivity index (χ1n) is 8.59. The lowest BCUT2D eigenvalue weighted by molar-refractivity contribution is -0.131. The summed E-state index contributed by atoms with van der Waals surface area (Å²) >= 11 is 1.27. The zero-order valence-corrected chi connectivity index (χ0v) is 15.4. The second-order valence-corrected chi connectivity index (χ2v) is 8.05. The Morgan fingerprint density at radius 1 is 1.15 bits per heavy atom. The van der Waals surface area contributed by atoms with Crippen LogP contribution in [-0.2, 0) is 10.2 Å². The molecule has 1 unspecified atom stereocenters. The number of likely N-dealkylation sites (N-methyl/N-ethyl adjacent to an activating group) is 1. The molecule has 27 heavy (non-hydrogen) atoms. The number of benzene rings is 1. The summed E-state index contributed by atoms with van der Waals surface area (Å²) in [4.78, 5) is 27.5. The standard InChI is InChI=1S/C20H16N4O2S/c1-24-18(25)16(12-2-4-13(5-3-12)20(11-22)8-9-20)17(23-19(24)26)15-7-6-14(10-21)27-15/h2-7,16-17H,8-9H2,1H3,(H,23,26)/t16?,17-/m1/s1. The molecule has 2 aromatic rings. The third-order valence-corrected chi connectivity index (χ3v) is 6.42. The quantitative estimate of drug-likeness (QED) is 0.889. The summed E-state index contributed by atoms with van der Waals surface area (Å²) in [5.41, 5.74) is 1.37. The number of thiophene rings is 1. The van der Waals surface area contributed by atoms with Crippen molar-refractivity contribution < 1.29 is 9.59 Å². The van der Waals surface area contributed by atoms with E-state index in [-0.39, 0.29) is 11.3 Å². The largest absolute Gasteiger partial charge is 0.329 e. The summed E-state index contributed by atoms with van der Waals surface area (Å²) in [6.45, 7) is 0. The zero-order valence-electron chi connectivity index (χ0n) is 14.6. The molecule has 0 spiro atoms. The third kappa shape index (κ3) is 2.77. The Balaban J connectivity index is 1.72. The van der Waals surface area contributed by atoms with Crippen molar-refractivity contribution in [3.63, 3.8) is 0 Å². The number of carbonyl (C=O) groups is 2. The Hall–Kier alpha value is -3.16. The van der Waals surface area contributed by atoms with E-state index in [2.05, 4.69) is 17.5 Å². The van der Waals surface area contributed by atoms with Gasteiger partial charge in [0.15, 0.2) is 0 Å². The molecule has 2 atom stereocenters. The maximum absolute atomic E-state index is 12.9. The molecule has 2 aliphatic rings. The molecule has 1 aromatic heterocycles. The van der Waals surface area contributed by atoms with Crippen LogP contribution < -0.4 is 5.32 Å². The minimum atomic E-state index is -0.579. The fraction of sp³-hybridized carbons (Fsp3) is 0.300. The maximum Gasteiger partial charge on any atom is 0.324 e. The molecule has 3 amide bonds. The Kier molecular flexibility index (Phi) is 3.98. The van der Waals surface area contributed by atoms with Crippen molar-refractivity contribution in [2.24, 2.45) is 0 Å². The van der Waals surface area contributed by atoms with Gasteiger partial charge >= 0.3 is 6.03 Å². The van der Waals surface area contributed by atoms with E-state index in [0.29, 0.717) is 4.88 Å². The highest BCUT2D eigenvalue weighted by atomic mass is 32.1. The molecule has 7 heteroatoms. The van der Waals surface area contributed by atoms with Crippen LogP contribution in [0.5, 0.6) is 0 Å². The van der Waals surface area contributed by atoms with Crippen molar-refractivity contribution in [3.8, 4) is 12.1 Å². The van der Waals surface area contributed by atoms with E-state index in [0.717, 1.165) is 33.7 Å². The first-order valence-corrected chi connectivity index (χ1v) is 9.40. The van der Waals surface area contributed by atoms with Gasteiger partial charge in [-0.25, -0.2) is 4.79 Å². The molecule has 0 bridgehead atoms. The highest BCUT2D eigenvalue weighted by Gasteiger charge is 2.45. The Labute approximate surface area is 160 Å². The van der Waals surface area contributed by atoms with Crippen LogP contribution in [-0.4, -0.2) is 23.9 Å². The summed E-state index contributed by atoms with van der Waals surface area (Å²) in [5, 5.41) is 21.3. The molecule has 1 aliphatic heterocycles. The van der Waals surface area contributed by atoms with Gasteiger partial charge in [-0.3, -0.25) is 9.69 Å². The number of nitriles is 2. The summed E-state index contributed by atoms with van der Waals surface area (Å²) in [6.07, 6.45) is 1.72. The number of nitrogens with zero attached hydrogens (tertiary/aromatic N) is 3. The first-order chi connectivity index (χ1) is 13.0. The Bertz CT molecular complexity index is 1010. The number of urea groups is 1. The van der Waals surface area contributed by atoms with Gasteiger partial charge in [-0.05, 0) is 36.1 Å². The van der Waals surface area contributed by atoms with E-state index in [9.17, 15) is 14.9 Å². The molecular formula is C20H16N4O2S. The number of hydrogen-bond donors (Lipinski definition) is 1. The first kappa shape index (κ1) is 17.3. The second kappa shape index (κ2) is 6.22. The number of carbonyl (C=O) groups excluding carboxylic acids is 2. The van der Waals surface area contributed by atoms with Gasteiger partial charge in [0.05, 0.1) is 23.4 Å². The number of amides is 3. The average Bonchev–Trinajstić information content (AvgIpc) is 3.35. The van der Waals surface area contributed by atoms with Crippen LogP contribution in [0.4, 0.5) is 4.79 Å². The molecule has 4 rings (SSSR count). The van der Waals surface area contributed by atoms with Gasteiger partial charge in [0.1, 0.15) is 10.9 Å². The molecule has 1 aliphatic carbocycles. The van der Waals surface area contributed by atoms with Crippen LogP contribution in [0, 0.1) is 22.7 Å². The fourth-order valence-corrected chi connectivity index (χ4v) is 4.41. The number of rotatable bonds is 3. The molecular weight excluding hydrogens is 360 g/mol. The normalized spacial score (nSPS) is 23.3. The van der Waals surface area contributed by atoms with Crippen molar-refractivity contribution in [2.45, 2.75) is 30.2 Å². The van der Waals surface area contributed by atoms with E-state index in [1.54, 1.807) is 12.1 Å². The molecule has 1 saturated carbocycles. The van der Waals surface area contributed by atoms with E-state index >= 15 is 0 Å². The topological polar surface area (TPSA) is 97.0 Å². The molecule has 134 valence electrons. The Morgan fingerprint density at radius 2 is 1.85 bits per heavy atom. The van der Waals surface area contributed by atoms with Crippen molar-refractivity contribution in [2.75, 3.05) is 7.05 Å². The average molecular weight is 376 g/mol. The van der Waals surface area contributed by atoms with E-state index < -0.39 is 18.0 Å². The van der Waals surface area contributed by atoms with Gasteiger partial charge in [-0.15, -0.1) is 11.3 Å². The second-order valence-electron chi connectivity index (χ2n) is 6.93. The number of hydrogen-bond acceptors (Lipinski definition) is 5. The highest BCUT2D eigenvalue weighted by molar-refractivity contribution is 7.12. The van der Waals surface area contributed by atoms with Crippen LogP contribution in [0.25, 0.3) is 0 Å². The lowest BCUT2D eigenvalue weighted by atomic mass is 9.86. The van der Waals surface area contributed by atoms with Gasteiger partial charge in [0.25, 0.3) is 0 Å². The zero-order chi connectivity index (χ0) is 19.2. The third-order valence-electron chi connectivity index (χ3n) is 5.34. The summed E-state index contributed by atoms with van der Waals surface area (Å²) < 4.78 is 0. The van der Waals surface area contributed by atoms with Gasteiger partial charge in [0.2, 0.25) is 5.91 Å². The lowest BCUT2D eigenvalue weighted by Crippen LogP contribution is -2.53. The smallest absolute Gasteiger partial charge is 0.324 e. The maximum atomic E-state index is 12.9. The van der Waals surface area contributed by atoms with Crippen LogP contribution in [0.1, 0.15) is 45.7 Å². The van der Waals surface area contributed by atoms with Crippen molar-refractivity contribution in [1.82, 2.24) is 10.2 Å². The minimum absolute atomic E-state index is 0.287. The predicted octanol–water partition coefficient (Wildman–Crippen LogP) is 3.18. The molecule has 6 nitrogen and oxygen atoms in total. The molecule has 1 saturated heterocycles. The summed E-state index contributed by atoms with van der Waals surface area (Å²) in [5.74, 6) is -0.867. The van der Waals surface area contributed by atoms with E-state index in [1.165, 1.54) is 18.4 Å². The SMILES string of the molecule is CN1C(=O)N[C@H](c2ccc(C#N)s2)C(c2ccc(C3(C#N)CC3)cc2)C1=O. The van der Waals surface area contributed by atoms with Gasteiger partial charge in [-0.1, -0.05) is 24.3 Å². The van der Waals surface area contributed by atoms with Crippen molar-refractivity contribution >= 4 is 23.3 Å². The lowest BCUT2D eigenvalue weighted by Gasteiger charge is -2.35. The summed E-state index contributed by atoms with van der Waals surface area (Å²) in [6, 6.07) is 14.5. The van der Waals surface area contributed by atoms with Crippen LogP contribution in [0.3, 0.4) is 0 Å². The van der Waals surface area contributed by atoms with Crippen molar-refractivity contribution in [1.29, 1.82) is 10.5 Å². The van der Waals surface area contributed by atoms with Crippen molar-refractivity contribution in [3.05, 3.63) is 57.3 Å². The van der Waals surface area contributed by atoms with Gasteiger partial charge in [-0.2, -0.15) is 10.5 Å². The van der Waals surface area contributed by atoms with Gasteiger partial charge in [0, 0.05) is 11.9 Å². The minimum Gasteiger partial charge on any atom is -0.329 e.